The minimum atomic E-state index is -0.539. The van der Waals surface area contributed by atoms with E-state index < -0.39 is 5.41 Å². The second kappa shape index (κ2) is 5.17. The number of rotatable bonds is 3. The second-order valence-electron chi connectivity index (χ2n) is 5.16. The molecule has 0 fully saturated rings. The molecule has 0 aliphatic heterocycles. The number of hydrogen-bond donors (Lipinski definition) is 0. The topological polar surface area (TPSA) is 69.9 Å². The van der Waals surface area contributed by atoms with Crippen molar-refractivity contribution < 1.29 is 9.53 Å². The van der Waals surface area contributed by atoms with E-state index in [1.165, 1.54) is 4.80 Å². The zero-order chi connectivity index (χ0) is 13.9. The minimum Gasteiger partial charge on any atom is -0.440 e. The molecule has 1 heterocycles. The van der Waals surface area contributed by atoms with E-state index in [0.29, 0.717) is 5.82 Å². The number of carbonyl (C=O) groups is 1. The molecule has 0 bridgehead atoms. The van der Waals surface area contributed by atoms with Gasteiger partial charge in [0.1, 0.15) is 0 Å². The molecular formula is C13H16N4O2. The lowest BCUT2D eigenvalue weighted by molar-refractivity contribution is -0.157. The van der Waals surface area contributed by atoms with Crippen LogP contribution in [0.2, 0.25) is 0 Å². The Morgan fingerprint density at radius 2 is 1.95 bits per heavy atom. The van der Waals surface area contributed by atoms with Crippen molar-refractivity contribution in [2.24, 2.45) is 5.41 Å². The van der Waals surface area contributed by atoms with Gasteiger partial charge in [0.05, 0.1) is 5.41 Å². The summed E-state index contributed by atoms with van der Waals surface area (Å²) in [4.78, 5) is 12.9. The van der Waals surface area contributed by atoms with Crippen molar-refractivity contribution in [2.75, 3.05) is 0 Å². The Labute approximate surface area is 111 Å². The largest absolute Gasteiger partial charge is 0.440 e. The highest BCUT2D eigenvalue weighted by atomic mass is 16.5. The van der Waals surface area contributed by atoms with Crippen molar-refractivity contribution >= 4 is 5.97 Å². The van der Waals surface area contributed by atoms with E-state index in [9.17, 15) is 4.79 Å². The van der Waals surface area contributed by atoms with E-state index >= 15 is 0 Å². The van der Waals surface area contributed by atoms with Crippen LogP contribution >= 0.6 is 0 Å². The van der Waals surface area contributed by atoms with Crippen LogP contribution in [0.5, 0.6) is 0 Å². The maximum absolute atomic E-state index is 11.6. The van der Waals surface area contributed by atoms with E-state index in [0.717, 1.165) is 5.56 Å². The molecule has 0 radical (unpaired) electrons. The van der Waals surface area contributed by atoms with E-state index in [1.54, 1.807) is 20.8 Å². The van der Waals surface area contributed by atoms with Crippen LogP contribution in [0.3, 0.4) is 0 Å². The number of ether oxygens (including phenoxy) is 1. The van der Waals surface area contributed by atoms with E-state index in [2.05, 4.69) is 15.4 Å². The van der Waals surface area contributed by atoms with Gasteiger partial charge >= 0.3 is 5.97 Å². The lowest BCUT2D eigenvalue weighted by Gasteiger charge is -2.15. The molecule has 2 aromatic rings. The Morgan fingerprint density at radius 3 is 2.58 bits per heavy atom. The molecule has 100 valence electrons. The Bertz CT molecular complexity index is 558. The molecule has 19 heavy (non-hydrogen) atoms. The summed E-state index contributed by atoms with van der Waals surface area (Å²) in [6, 6.07) is 9.50. The molecule has 0 saturated carbocycles. The van der Waals surface area contributed by atoms with Crippen molar-refractivity contribution in [1.29, 1.82) is 0 Å². The van der Waals surface area contributed by atoms with Crippen LogP contribution < -0.4 is 0 Å². The summed E-state index contributed by atoms with van der Waals surface area (Å²) in [5, 5.41) is 11.9. The van der Waals surface area contributed by atoms with E-state index in [-0.39, 0.29) is 12.7 Å². The lowest BCUT2D eigenvalue weighted by atomic mass is 9.98. The summed E-state index contributed by atoms with van der Waals surface area (Å²) >= 11 is 0. The molecule has 0 atom stereocenters. The molecule has 0 spiro atoms. The summed E-state index contributed by atoms with van der Waals surface area (Å²) in [5.74, 6) is 0.207. The number of tetrazole rings is 1. The molecule has 0 amide bonds. The van der Waals surface area contributed by atoms with Crippen LogP contribution in [-0.2, 0) is 16.3 Å². The number of benzene rings is 1. The van der Waals surface area contributed by atoms with Crippen LogP contribution in [0.1, 0.15) is 20.8 Å². The first kappa shape index (κ1) is 13.2. The quantitative estimate of drug-likeness (QED) is 0.788. The lowest BCUT2D eigenvalue weighted by Crippen LogP contribution is -2.24. The minimum absolute atomic E-state index is 0.0318. The maximum atomic E-state index is 11.6. The van der Waals surface area contributed by atoms with Gasteiger partial charge in [-0.3, -0.25) is 4.79 Å². The summed E-state index contributed by atoms with van der Waals surface area (Å²) in [6.07, 6.45) is 0. The molecule has 0 aliphatic rings. The van der Waals surface area contributed by atoms with Crippen LogP contribution in [0.25, 0.3) is 11.4 Å². The van der Waals surface area contributed by atoms with Gasteiger partial charge in [0, 0.05) is 5.56 Å². The standard InChI is InChI=1S/C13H16N4O2/c1-13(2,3)12(18)19-9-17-15-11(14-16-17)10-7-5-4-6-8-10/h4-8H,9H2,1-3H3. The van der Waals surface area contributed by atoms with Crippen molar-refractivity contribution in [3.63, 3.8) is 0 Å². The van der Waals surface area contributed by atoms with Crippen molar-refractivity contribution in [3.05, 3.63) is 30.3 Å². The van der Waals surface area contributed by atoms with Gasteiger partial charge in [-0.2, -0.15) is 0 Å². The highest BCUT2D eigenvalue weighted by Gasteiger charge is 2.23. The zero-order valence-electron chi connectivity index (χ0n) is 11.2. The maximum Gasteiger partial charge on any atom is 0.313 e. The average molecular weight is 260 g/mol. The molecule has 1 aromatic carbocycles. The molecule has 0 aliphatic carbocycles. The first-order valence-corrected chi connectivity index (χ1v) is 5.97. The van der Waals surface area contributed by atoms with E-state index in [1.807, 2.05) is 30.3 Å². The molecule has 0 unspecified atom stereocenters. The van der Waals surface area contributed by atoms with Crippen molar-refractivity contribution in [3.8, 4) is 11.4 Å². The molecule has 0 saturated heterocycles. The predicted octanol–water partition coefficient (Wildman–Crippen LogP) is 1.89. The third kappa shape index (κ3) is 3.37. The van der Waals surface area contributed by atoms with Gasteiger partial charge in [-0.15, -0.1) is 15.0 Å². The van der Waals surface area contributed by atoms with Crippen LogP contribution in [-0.4, -0.2) is 26.2 Å². The second-order valence-corrected chi connectivity index (χ2v) is 5.16. The van der Waals surface area contributed by atoms with Crippen LogP contribution in [0, 0.1) is 5.41 Å². The Morgan fingerprint density at radius 1 is 1.26 bits per heavy atom. The number of aromatic nitrogens is 4. The zero-order valence-corrected chi connectivity index (χ0v) is 11.2. The molecule has 2 rings (SSSR count). The van der Waals surface area contributed by atoms with Gasteiger partial charge in [-0.25, -0.2) is 0 Å². The number of esters is 1. The third-order valence-electron chi connectivity index (χ3n) is 2.41. The highest BCUT2D eigenvalue weighted by Crippen LogP contribution is 2.15. The third-order valence-corrected chi connectivity index (χ3v) is 2.41. The molecule has 6 heteroatoms. The number of hydrogen-bond acceptors (Lipinski definition) is 5. The molecule has 1 aromatic heterocycles. The summed E-state index contributed by atoms with van der Waals surface area (Å²) in [6.45, 7) is 5.34. The normalized spacial score (nSPS) is 11.3. The summed E-state index contributed by atoms with van der Waals surface area (Å²) in [7, 11) is 0. The van der Waals surface area contributed by atoms with Gasteiger partial charge in [-0.1, -0.05) is 30.3 Å². The fraction of sp³-hybridized carbons (Fsp3) is 0.385. The fourth-order valence-corrected chi connectivity index (χ4v) is 1.33. The Hall–Kier alpha value is -2.24. The Kier molecular flexibility index (Phi) is 3.59. The van der Waals surface area contributed by atoms with Gasteiger partial charge in [0.2, 0.25) is 12.6 Å². The predicted molar refractivity (Wildman–Crippen MR) is 68.8 cm³/mol. The van der Waals surface area contributed by atoms with E-state index in [4.69, 9.17) is 4.74 Å². The Balaban J connectivity index is 2.01. The number of carbonyl (C=O) groups excluding carboxylic acids is 1. The van der Waals surface area contributed by atoms with Crippen LogP contribution in [0.4, 0.5) is 0 Å². The van der Waals surface area contributed by atoms with Gasteiger partial charge in [0.25, 0.3) is 0 Å². The van der Waals surface area contributed by atoms with Crippen molar-refractivity contribution in [2.45, 2.75) is 27.5 Å². The SMILES string of the molecule is CC(C)(C)C(=O)OCn1nnc(-c2ccccc2)n1. The fourth-order valence-electron chi connectivity index (χ4n) is 1.33. The monoisotopic (exact) mass is 260 g/mol. The first-order valence-electron chi connectivity index (χ1n) is 5.97. The van der Waals surface area contributed by atoms with Crippen LogP contribution in [0.15, 0.2) is 30.3 Å². The first-order chi connectivity index (χ1) is 8.97. The molecule has 6 nitrogen and oxygen atoms in total. The van der Waals surface area contributed by atoms with Gasteiger partial charge < -0.3 is 4.74 Å². The highest BCUT2D eigenvalue weighted by molar-refractivity contribution is 5.75. The number of nitrogens with zero attached hydrogens (tertiary/aromatic N) is 4. The van der Waals surface area contributed by atoms with Gasteiger partial charge in [-0.05, 0) is 26.0 Å². The smallest absolute Gasteiger partial charge is 0.313 e. The average Bonchev–Trinajstić information content (AvgIpc) is 2.84. The van der Waals surface area contributed by atoms with Crippen molar-refractivity contribution in [1.82, 2.24) is 20.2 Å². The summed E-state index contributed by atoms with van der Waals surface area (Å²) in [5.41, 5.74) is 0.332. The molecule has 0 N–H and O–H groups in total. The van der Waals surface area contributed by atoms with Gasteiger partial charge in [0.15, 0.2) is 0 Å². The molecular weight excluding hydrogens is 244 g/mol. The summed E-state index contributed by atoms with van der Waals surface area (Å²) < 4.78 is 5.10.